The molecule has 1 aliphatic rings. The molecular weight excluding hydrogens is 412 g/mol. The number of piperidine rings is 1. The first-order valence-electron chi connectivity index (χ1n) is 10.4. The van der Waals surface area contributed by atoms with Crippen LogP contribution >= 0.6 is 0 Å². The maximum absolute atomic E-state index is 11.6. The predicted octanol–water partition coefficient (Wildman–Crippen LogP) is 3.29. The van der Waals surface area contributed by atoms with Gasteiger partial charge in [0.1, 0.15) is 5.52 Å². The Bertz CT molecular complexity index is 1340. The number of aromatic amines is 1. The van der Waals surface area contributed by atoms with Crippen molar-refractivity contribution in [3.05, 3.63) is 53.0 Å². The molecule has 4 N–H and O–H groups in total. The first kappa shape index (κ1) is 19.9. The Hall–Kier alpha value is -4.08. The number of nitrogens with one attached hydrogen (secondary N) is 3. The van der Waals surface area contributed by atoms with E-state index in [1.165, 1.54) is 6.07 Å². The molecule has 1 fully saturated rings. The number of fused-ring (bicyclic) bond motifs is 2. The Balaban J connectivity index is 1.39. The maximum Gasteiger partial charge on any atom is 0.404 e. The zero-order valence-electron chi connectivity index (χ0n) is 17.2. The molecule has 1 aliphatic heterocycles. The number of hydrogen-bond acceptors (Lipinski definition) is 7. The number of carboxylic acid groups (broad SMARTS) is 1. The topological polar surface area (TPSA) is 136 Å². The Morgan fingerprint density at radius 2 is 2.00 bits per heavy atom. The number of anilines is 3. The van der Waals surface area contributed by atoms with Gasteiger partial charge in [-0.3, -0.25) is 4.79 Å². The summed E-state index contributed by atoms with van der Waals surface area (Å²) in [5.74, 6) is 1.44. The minimum absolute atomic E-state index is 0.157. The quantitative estimate of drug-likeness (QED) is 0.376. The van der Waals surface area contributed by atoms with Crippen LogP contribution in [0.5, 0.6) is 0 Å². The number of furan rings is 1. The molecule has 1 saturated heterocycles. The number of amides is 1. The summed E-state index contributed by atoms with van der Waals surface area (Å²) in [7, 11) is 0. The summed E-state index contributed by atoms with van der Waals surface area (Å²) in [6, 6.07) is 10.7. The fourth-order valence-electron chi connectivity index (χ4n) is 4.06. The molecule has 32 heavy (non-hydrogen) atoms. The van der Waals surface area contributed by atoms with Gasteiger partial charge in [0.25, 0.3) is 0 Å². The van der Waals surface area contributed by atoms with Gasteiger partial charge in [0.2, 0.25) is 11.5 Å². The molecule has 1 amide bonds. The molecule has 0 bridgehead atoms. The Morgan fingerprint density at radius 3 is 2.81 bits per heavy atom. The second-order valence-corrected chi connectivity index (χ2v) is 7.87. The first-order chi connectivity index (χ1) is 15.5. The molecule has 164 valence electrons. The molecule has 3 aromatic heterocycles. The van der Waals surface area contributed by atoms with Gasteiger partial charge in [-0.1, -0.05) is 6.07 Å². The summed E-state index contributed by atoms with van der Waals surface area (Å²) in [6.45, 7) is 1.95. The van der Waals surface area contributed by atoms with E-state index < -0.39 is 6.09 Å². The van der Waals surface area contributed by atoms with Gasteiger partial charge in [0.15, 0.2) is 11.4 Å². The molecule has 0 unspecified atom stereocenters. The summed E-state index contributed by atoms with van der Waals surface area (Å²) in [5.41, 5.74) is 2.65. The molecule has 0 spiro atoms. The van der Waals surface area contributed by atoms with Gasteiger partial charge >= 0.3 is 6.09 Å². The van der Waals surface area contributed by atoms with Crippen molar-refractivity contribution >= 4 is 45.5 Å². The average Bonchev–Trinajstić information content (AvgIpc) is 3.26. The molecule has 10 nitrogen and oxygen atoms in total. The molecule has 0 atom stereocenters. The van der Waals surface area contributed by atoms with Crippen LogP contribution in [-0.2, 0) is 0 Å². The molecule has 5 rings (SSSR count). The van der Waals surface area contributed by atoms with Gasteiger partial charge < -0.3 is 30.0 Å². The van der Waals surface area contributed by atoms with E-state index in [2.05, 4.69) is 25.5 Å². The largest absolute Gasteiger partial charge is 0.465 e. The van der Waals surface area contributed by atoms with Crippen LogP contribution in [0.2, 0.25) is 0 Å². The highest BCUT2D eigenvalue weighted by Crippen LogP contribution is 2.30. The van der Waals surface area contributed by atoms with E-state index >= 15 is 0 Å². The van der Waals surface area contributed by atoms with Crippen LogP contribution in [0.4, 0.5) is 22.2 Å². The van der Waals surface area contributed by atoms with Gasteiger partial charge in [0.05, 0.1) is 11.8 Å². The van der Waals surface area contributed by atoms with Crippen LogP contribution in [0.1, 0.15) is 12.8 Å². The van der Waals surface area contributed by atoms with Crippen molar-refractivity contribution in [3.8, 4) is 0 Å². The monoisotopic (exact) mass is 434 g/mol. The average molecular weight is 434 g/mol. The maximum atomic E-state index is 11.6. The van der Waals surface area contributed by atoms with Crippen LogP contribution in [-0.4, -0.2) is 45.8 Å². The molecule has 0 radical (unpaired) electrons. The molecule has 0 aliphatic carbocycles. The van der Waals surface area contributed by atoms with Crippen molar-refractivity contribution in [1.82, 2.24) is 20.3 Å². The third-order valence-corrected chi connectivity index (χ3v) is 5.72. The molecule has 4 heterocycles. The standard InChI is InChI=1S/C22H22N6O4/c29-18-4-2-14-1-3-15(11-17(14)25-18)24-21-26-16-7-10-32-19(16)20(27-21)28-8-5-13(6-9-28)12-23-22(30)31/h1-4,7,10-11,13,23H,5-6,8-9,12H2,(H,25,29)(H,30,31)(H,24,26,27). The number of H-pyrrole nitrogens is 1. The highest BCUT2D eigenvalue weighted by molar-refractivity contribution is 5.86. The van der Waals surface area contributed by atoms with E-state index in [0.29, 0.717) is 35.3 Å². The van der Waals surface area contributed by atoms with E-state index in [4.69, 9.17) is 14.5 Å². The summed E-state index contributed by atoms with van der Waals surface area (Å²) in [5, 5.41) is 15.5. The lowest BCUT2D eigenvalue weighted by Crippen LogP contribution is -2.38. The highest BCUT2D eigenvalue weighted by atomic mass is 16.4. The van der Waals surface area contributed by atoms with E-state index in [0.717, 1.165) is 42.5 Å². The number of rotatable bonds is 5. The summed E-state index contributed by atoms with van der Waals surface area (Å²) in [4.78, 5) is 36.6. The summed E-state index contributed by atoms with van der Waals surface area (Å²) >= 11 is 0. The normalized spacial score (nSPS) is 14.7. The summed E-state index contributed by atoms with van der Waals surface area (Å²) in [6.07, 6.45) is 2.31. The molecule has 10 heteroatoms. The van der Waals surface area contributed by atoms with E-state index in [-0.39, 0.29) is 5.56 Å². The van der Waals surface area contributed by atoms with E-state index in [1.54, 1.807) is 18.4 Å². The zero-order valence-corrected chi connectivity index (χ0v) is 17.2. The molecular formula is C22H22N6O4. The molecule has 4 aromatic rings. The van der Waals surface area contributed by atoms with E-state index in [9.17, 15) is 9.59 Å². The predicted molar refractivity (Wildman–Crippen MR) is 121 cm³/mol. The lowest BCUT2D eigenvalue weighted by atomic mass is 9.97. The third kappa shape index (κ3) is 4.07. The lowest BCUT2D eigenvalue weighted by molar-refractivity contribution is 0.191. The Morgan fingerprint density at radius 1 is 1.19 bits per heavy atom. The fraction of sp³-hybridized carbons (Fsp3) is 0.273. The highest BCUT2D eigenvalue weighted by Gasteiger charge is 2.24. The van der Waals surface area contributed by atoms with E-state index in [1.807, 2.05) is 18.2 Å². The minimum atomic E-state index is -0.992. The van der Waals surface area contributed by atoms with Gasteiger partial charge in [-0.2, -0.15) is 4.98 Å². The van der Waals surface area contributed by atoms with Crippen LogP contribution in [0.25, 0.3) is 22.0 Å². The number of pyridine rings is 1. The van der Waals surface area contributed by atoms with Crippen molar-refractivity contribution in [2.24, 2.45) is 5.92 Å². The smallest absolute Gasteiger partial charge is 0.404 e. The van der Waals surface area contributed by atoms with Gasteiger partial charge in [-0.05, 0) is 42.3 Å². The number of nitrogens with zero attached hydrogens (tertiary/aromatic N) is 3. The van der Waals surface area contributed by atoms with Gasteiger partial charge in [-0.25, -0.2) is 9.78 Å². The van der Waals surface area contributed by atoms with Crippen molar-refractivity contribution in [2.75, 3.05) is 29.9 Å². The van der Waals surface area contributed by atoms with Crippen LogP contribution < -0.4 is 21.1 Å². The van der Waals surface area contributed by atoms with Crippen molar-refractivity contribution in [1.29, 1.82) is 0 Å². The van der Waals surface area contributed by atoms with Gasteiger partial charge in [0, 0.05) is 37.5 Å². The van der Waals surface area contributed by atoms with Crippen LogP contribution in [0.3, 0.4) is 0 Å². The van der Waals surface area contributed by atoms with Crippen LogP contribution in [0, 0.1) is 5.92 Å². The van der Waals surface area contributed by atoms with Crippen molar-refractivity contribution < 1.29 is 14.3 Å². The Kier molecular flexibility index (Phi) is 5.10. The summed E-state index contributed by atoms with van der Waals surface area (Å²) < 4.78 is 5.66. The first-order valence-corrected chi connectivity index (χ1v) is 10.4. The minimum Gasteiger partial charge on any atom is -0.465 e. The Labute approximate surface area is 182 Å². The third-order valence-electron chi connectivity index (χ3n) is 5.72. The lowest BCUT2D eigenvalue weighted by Gasteiger charge is -2.32. The van der Waals surface area contributed by atoms with Crippen molar-refractivity contribution in [2.45, 2.75) is 12.8 Å². The fourth-order valence-corrected chi connectivity index (χ4v) is 4.06. The SMILES string of the molecule is O=C(O)NCC1CCN(c2nc(Nc3ccc4ccc(=O)[nH]c4c3)nc3ccoc23)CC1. The molecule has 0 saturated carbocycles. The van der Waals surface area contributed by atoms with Crippen molar-refractivity contribution in [3.63, 3.8) is 0 Å². The number of benzene rings is 1. The van der Waals surface area contributed by atoms with Crippen LogP contribution in [0.15, 0.2) is 51.9 Å². The molecule has 1 aromatic carbocycles. The second kappa shape index (κ2) is 8.22. The number of hydrogen-bond donors (Lipinski definition) is 4. The van der Waals surface area contributed by atoms with Gasteiger partial charge in [-0.15, -0.1) is 0 Å². The number of aromatic nitrogens is 3. The second-order valence-electron chi connectivity index (χ2n) is 7.87. The zero-order chi connectivity index (χ0) is 22.1. The number of carbonyl (C=O) groups is 1.